The Morgan fingerprint density at radius 2 is 2.29 bits per heavy atom. The van der Waals surface area contributed by atoms with Gasteiger partial charge >= 0.3 is 5.82 Å². The Morgan fingerprint density at radius 1 is 1.52 bits per heavy atom. The largest absolute Gasteiger partial charge is 0.358 e. The van der Waals surface area contributed by atoms with Gasteiger partial charge in [0.1, 0.15) is 11.2 Å². The molecule has 21 heavy (non-hydrogen) atoms. The predicted molar refractivity (Wildman–Crippen MR) is 76.2 cm³/mol. The van der Waals surface area contributed by atoms with Crippen LogP contribution in [0.15, 0.2) is 6.20 Å². The molecule has 9 nitrogen and oxygen atoms in total. The zero-order valence-corrected chi connectivity index (χ0v) is 12.4. The Morgan fingerprint density at radius 3 is 2.95 bits per heavy atom. The third-order valence-electron chi connectivity index (χ3n) is 2.74. The molecule has 0 aromatic carbocycles. The van der Waals surface area contributed by atoms with Gasteiger partial charge in [-0.2, -0.15) is 0 Å². The monoisotopic (exact) mass is 310 g/mol. The van der Waals surface area contributed by atoms with E-state index in [9.17, 15) is 14.9 Å². The molecule has 2 heterocycles. The molecule has 2 aromatic heterocycles. The van der Waals surface area contributed by atoms with Crippen molar-refractivity contribution < 1.29 is 9.72 Å². The lowest BCUT2D eigenvalue weighted by atomic mass is 10.3. The number of amides is 1. The Labute approximate surface area is 124 Å². The summed E-state index contributed by atoms with van der Waals surface area (Å²) in [5, 5.41) is 22.5. The summed E-state index contributed by atoms with van der Waals surface area (Å²) in [5.74, 6) is 0.406. The molecule has 0 saturated carbocycles. The van der Waals surface area contributed by atoms with Gasteiger partial charge in [-0.3, -0.25) is 4.79 Å². The van der Waals surface area contributed by atoms with E-state index in [1.54, 1.807) is 11.5 Å². The minimum absolute atomic E-state index is 0.0105. The number of anilines is 1. The number of carbonyl (C=O) groups excluding carboxylic acids is 1. The van der Waals surface area contributed by atoms with E-state index in [1.807, 2.05) is 0 Å². The Balaban J connectivity index is 1.92. The lowest BCUT2D eigenvalue weighted by Gasteiger charge is -2.01. The molecule has 0 aliphatic carbocycles. The van der Waals surface area contributed by atoms with E-state index in [1.165, 1.54) is 24.5 Å². The van der Waals surface area contributed by atoms with Crippen LogP contribution >= 0.6 is 11.3 Å². The van der Waals surface area contributed by atoms with E-state index in [0.29, 0.717) is 30.3 Å². The fraction of sp³-hybridized carbons (Fsp3) is 0.455. The quantitative estimate of drug-likeness (QED) is 0.639. The number of hydrogen-bond donors (Lipinski definition) is 1. The van der Waals surface area contributed by atoms with Crippen molar-refractivity contribution in [2.75, 3.05) is 5.32 Å². The normalized spacial score (nSPS) is 10.6. The molecule has 0 fully saturated rings. The van der Waals surface area contributed by atoms with Crippen LogP contribution in [0.1, 0.15) is 24.2 Å². The zero-order chi connectivity index (χ0) is 15.4. The summed E-state index contributed by atoms with van der Waals surface area (Å²) in [6, 6.07) is 0. The third kappa shape index (κ3) is 3.81. The molecule has 112 valence electrons. The molecule has 0 saturated heterocycles. The van der Waals surface area contributed by atoms with E-state index in [0.717, 1.165) is 5.01 Å². The molecule has 1 N–H and O–H groups in total. The molecule has 0 aliphatic rings. The number of imidazole rings is 1. The summed E-state index contributed by atoms with van der Waals surface area (Å²) in [4.78, 5) is 25.2. The molecular weight excluding hydrogens is 296 g/mol. The average molecular weight is 310 g/mol. The van der Waals surface area contributed by atoms with Gasteiger partial charge in [-0.15, -0.1) is 10.2 Å². The van der Waals surface area contributed by atoms with Gasteiger partial charge in [0.2, 0.25) is 11.0 Å². The van der Waals surface area contributed by atoms with Crippen LogP contribution in [0.2, 0.25) is 0 Å². The van der Waals surface area contributed by atoms with Crippen LogP contribution in [0.25, 0.3) is 0 Å². The molecule has 0 bridgehead atoms. The van der Waals surface area contributed by atoms with Crippen LogP contribution in [-0.4, -0.2) is 30.6 Å². The van der Waals surface area contributed by atoms with Gasteiger partial charge in [-0.25, -0.2) is 9.55 Å². The highest BCUT2D eigenvalue weighted by Crippen LogP contribution is 2.18. The van der Waals surface area contributed by atoms with Gasteiger partial charge < -0.3 is 15.4 Å². The number of aromatic nitrogens is 4. The van der Waals surface area contributed by atoms with Gasteiger partial charge in [0.25, 0.3) is 0 Å². The first-order chi connectivity index (χ1) is 9.97. The lowest BCUT2D eigenvalue weighted by molar-refractivity contribution is -0.392. The summed E-state index contributed by atoms with van der Waals surface area (Å²) >= 11 is 1.30. The van der Waals surface area contributed by atoms with Crippen molar-refractivity contribution in [3.8, 4) is 0 Å². The minimum atomic E-state index is -0.445. The molecule has 0 unspecified atom stereocenters. The van der Waals surface area contributed by atoms with Crippen LogP contribution in [0.5, 0.6) is 0 Å². The lowest BCUT2D eigenvalue weighted by Crippen LogP contribution is -2.06. The Kier molecular flexibility index (Phi) is 4.58. The van der Waals surface area contributed by atoms with Crippen LogP contribution in [0.4, 0.5) is 10.9 Å². The van der Waals surface area contributed by atoms with E-state index in [4.69, 9.17) is 0 Å². The summed E-state index contributed by atoms with van der Waals surface area (Å²) < 4.78 is 1.57. The fourth-order valence-electron chi connectivity index (χ4n) is 1.82. The second-order valence-electron chi connectivity index (χ2n) is 4.36. The van der Waals surface area contributed by atoms with Gasteiger partial charge in [-0.05, 0) is 11.3 Å². The number of nitrogens with zero attached hydrogens (tertiary/aromatic N) is 5. The highest BCUT2D eigenvalue weighted by atomic mass is 32.1. The molecule has 0 radical (unpaired) electrons. The highest BCUT2D eigenvalue weighted by molar-refractivity contribution is 7.15. The number of aryl methyl sites for hydroxylation is 2. The predicted octanol–water partition coefficient (Wildman–Crippen LogP) is 1.54. The second kappa shape index (κ2) is 6.39. The molecule has 0 atom stereocenters. The molecule has 2 rings (SSSR count). The zero-order valence-electron chi connectivity index (χ0n) is 11.6. The van der Waals surface area contributed by atoms with Gasteiger partial charge in [0.05, 0.1) is 6.54 Å². The minimum Gasteiger partial charge on any atom is -0.358 e. The number of rotatable bonds is 6. The standard InChI is InChI=1S/C11H14N6O3S/c1-7-12-6-10(17(19)20)16(7)5-3-4-9-14-15-11(21-9)13-8(2)18/h6H,3-5H2,1-2H3,(H,13,15,18). The maximum absolute atomic E-state index is 10.9. The Hall–Kier alpha value is -2.36. The molecule has 1 amide bonds. The van der Waals surface area contributed by atoms with Crippen molar-refractivity contribution in [2.45, 2.75) is 33.2 Å². The van der Waals surface area contributed by atoms with Gasteiger partial charge in [0, 0.05) is 20.3 Å². The first-order valence-corrected chi connectivity index (χ1v) is 7.05. The van der Waals surface area contributed by atoms with Crippen molar-refractivity contribution in [1.29, 1.82) is 0 Å². The number of hydrogen-bond acceptors (Lipinski definition) is 7. The molecule has 0 spiro atoms. The summed E-state index contributed by atoms with van der Waals surface area (Å²) in [5.41, 5.74) is 0. The average Bonchev–Trinajstić information content (AvgIpc) is 2.97. The molecule has 2 aromatic rings. The van der Waals surface area contributed by atoms with Crippen LogP contribution in [-0.2, 0) is 17.8 Å². The van der Waals surface area contributed by atoms with Crippen molar-refractivity contribution in [1.82, 2.24) is 19.7 Å². The van der Waals surface area contributed by atoms with Crippen LogP contribution in [0, 0.1) is 17.0 Å². The van der Waals surface area contributed by atoms with Gasteiger partial charge in [-0.1, -0.05) is 11.3 Å². The molecule has 10 heteroatoms. The number of nitrogens with one attached hydrogen (secondary N) is 1. The maximum Gasteiger partial charge on any atom is 0.342 e. The fourth-order valence-corrected chi connectivity index (χ4v) is 2.65. The van der Waals surface area contributed by atoms with Crippen LogP contribution in [0.3, 0.4) is 0 Å². The smallest absolute Gasteiger partial charge is 0.342 e. The first-order valence-electron chi connectivity index (χ1n) is 6.24. The van der Waals surface area contributed by atoms with E-state index >= 15 is 0 Å². The van der Waals surface area contributed by atoms with Crippen molar-refractivity contribution >= 4 is 28.2 Å². The van der Waals surface area contributed by atoms with Gasteiger partial charge in [0.15, 0.2) is 5.82 Å². The van der Waals surface area contributed by atoms with Crippen molar-refractivity contribution in [3.05, 3.63) is 27.1 Å². The first kappa shape index (κ1) is 15.0. The SMILES string of the molecule is CC(=O)Nc1nnc(CCCn2c([N+](=O)[O-])cnc2C)s1. The van der Waals surface area contributed by atoms with E-state index in [-0.39, 0.29) is 11.7 Å². The Bertz CT molecular complexity index is 665. The summed E-state index contributed by atoms with van der Waals surface area (Å²) in [6.07, 6.45) is 2.56. The number of nitro groups is 1. The molecular formula is C11H14N6O3S. The maximum atomic E-state index is 10.9. The summed E-state index contributed by atoms with van der Waals surface area (Å²) in [6.45, 7) is 3.62. The van der Waals surface area contributed by atoms with Crippen LogP contribution < -0.4 is 5.32 Å². The van der Waals surface area contributed by atoms with Crippen molar-refractivity contribution in [3.63, 3.8) is 0 Å². The number of carbonyl (C=O) groups is 1. The molecule has 0 aliphatic heterocycles. The topological polar surface area (TPSA) is 116 Å². The second-order valence-corrected chi connectivity index (χ2v) is 5.42. The third-order valence-corrected chi connectivity index (χ3v) is 3.64. The summed E-state index contributed by atoms with van der Waals surface area (Å²) in [7, 11) is 0. The van der Waals surface area contributed by atoms with Crippen molar-refractivity contribution in [2.24, 2.45) is 0 Å². The van der Waals surface area contributed by atoms with E-state index in [2.05, 4.69) is 20.5 Å². The highest BCUT2D eigenvalue weighted by Gasteiger charge is 2.17. The van der Waals surface area contributed by atoms with E-state index < -0.39 is 4.92 Å².